The molecule has 6 aromatic rings. The Balaban J connectivity index is 1.15. The fourth-order valence-corrected chi connectivity index (χ4v) is 5.44. The first kappa shape index (κ1) is 32.9. The molecule has 0 aliphatic carbocycles. The van der Waals surface area contributed by atoms with Crippen LogP contribution in [0, 0.1) is 0 Å². The first-order chi connectivity index (χ1) is 23.9. The summed E-state index contributed by atoms with van der Waals surface area (Å²) in [6.07, 6.45) is 1.62. The predicted octanol–water partition coefficient (Wildman–Crippen LogP) is 8.16. The van der Waals surface area contributed by atoms with E-state index in [1.807, 2.05) is 78.9 Å². The van der Waals surface area contributed by atoms with Crippen LogP contribution in [0.5, 0.6) is 23.0 Å². The van der Waals surface area contributed by atoms with Crippen LogP contribution in [0.4, 0.5) is 28.8 Å². The van der Waals surface area contributed by atoms with Gasteiger partial charge < -0.3 is 30.3 Å². The molecule has 0 fully saturated rings. The molecule has 1 aromatic heterocycles. The number of methoxy groups -OCH3 is 1. The summed E-state index contributed by atoms with van der Waals surface area (Å²) in [6.45, 7) is -0.180. The molecule has 0 bridgehead atoms. The Labute approximate surface area is 291 Å². The summed E-state index contributed by atoms with van der Waals surface area (Å²) in [5.74, 6) is 1.87. The van der Waals surface area contributed by atoms with Crippen molar-refractivity contribution in [1.82, 2.24) is 15.3 Å². The van der Waals surface area contributed by atoms with Crippen LogP contribution in [-0.2, 0) is 4.79 Å². The zero-order valence-electron chi connectivity index (χ0n) is 26.3. The monoisotopic (exact) mass is 717 g/mol. The smallest absolute Gasteiger partial charge is 0.258 e. The summed E-state index contributed by atoms with van der Waals surface area (Å²) in [6, 6.07) is 37.4. The maximum atomic E-state index is 13.1. The lowest BCUT2D eigenvalue weighted by Crippen LogP contribution is -2.33. The first-order valence-corrected chi connectivity index (χ1v) is 16.0. The number of rotatable bonds is 12. The Kier molecular flexibility index (Phi) is 10.2. The standard InChI is InChI=1S/C38H32BrN5O5/c1-48-33-15-5-10-26(20-33)36(25-8-3-2-4-9-25)42-35(47)24-49-32-18-16-27(17-19-32)41-37-34(39)23-40-38(43-37)44(28-11-6-13-30(45)21-28)29-12-7-14-31(46)22-29/h2-23,36,45-46H,24H2,1H3,(H,42,47)(H,40,41,43). The third-order valence-corrected chi connectivity index (χ3v) is 8.04. The first-order valence-electron chi connectivity index (χ1n) is 15.2. The number of nitrogens with one attached hydrogen (secondary N) is 2. The number of phenolic OH excluding ortho intramolecular Hbond substituents is 2. The van der Waals surface area contributed by atoms with E-state index in [0.29, 0.717) is 44.8 Å². The van der Waals surface area contributed by atoms with E-state index >= 15 is 0 Å². The van der Waals surface area contributed by atoms with Gasteiger partial charge in [0.15, 0.2) is 6.61 Å². The van der Waals surface area contributed by atoms with Crippen molar-refractivity contribution in [3.63, 3.8) is 0 Å². The van der Waals surface area contributed by atoms with Gasteiger partial charge in [-0.3, -0.25) is 9.69 Å². The predicted molar refractivity (Wildman–Crippen MR) is 192 cm³/mol. The quantitative estimate of drug-likeness (QED) is 0.0991. The molecular formula is C38H32BrN5O5. The number of benzene rings is 5. The Morgan fingerprint density at radius 3 is 2.10 bits per heavy atom. The van der Waals surface area contributed by atoms with Crippen LogP contribution in [-0.4, -0.2) is 39.8 Å². The lowest BCUT2D eigenvalue weighted by Gasteiger charge is -2.24. The number of nitrogens with zero attached hydrogens (tertiary/aromatic N) is 3. The highest BCUT2D eigenvalue weighted by Gasteiger charge is 2.20. The molecule has 0 radical (unpaired) electrons. The minimum Gasteiger partial charge on any atom is -0.508 e. The number of anilines is 5. The van der Waals surface area contributed by atoms with Crippen LogP contribution < -0.4 is 25.0 Å². The number of carbonyl (C=O) groups is 1. The molecule has 0 spiro atoms. The molecule has 1 unspecified atom stereocenters. The zero-order valence-corrected chi connectivity index (χ0v) is 27.9. The molecule has 6 rings (SSSR count). The van der Waals surface area contributed by atoms with Crippen molar-refractivity contribution in [3.8, 4) is 23.0 Å². The van der Waals surface area contributed by atoms with E-state index in [4.69, 9.17) is 14.5 Å². The number of phenols is 2. The minimum absolute atomic E-state index is 0.0748. The molecular weight excluding hydrogens is 686 g/mol. The average molecular weight is 719 g/mol. The normalized spacial score (nSPS) is 11.3. The maximum absolute atomic E-state index is 13.1. The van der Waals surface area contributed by atoms with Gasteiger partial charge in [0.1, 0.15) is 28.8 Å². The Bertz CT molecular complexity index is 2000. The topological polar surface area (TPSA) is 129 Å². The lowest BCUT2D eigenvalue weighted by atomic mass is 9.98. The third-order valence-electron chi connectivity index (χ3n) is 7.46. The highest BCUT2D eigenvalue weighted by Crippen LogP contribution is 2.37. The molecule has 1 heterocycles. The number of carbonyl (C=O) groups excluding carboxylic acids is 1. The number of amides is 1. The van der Waals surface area contributed by atoms with Crippen LogP contribution in [0.25, 0.3) is 0 Å². The van der Waals surface area contributed by atoms with Crippen molar-refractivity contribution in [2.45, 2.75) is 6.04 Å². The zero-order chi connectivity index (χ0) is 34.2. The van der Waals surface area contributed by atoms with Crippen molar-refractivity contribution in [1.29, 1.82) is 0 Å². The Hall–Kier alpha value is -6.07. The second-order valence-corrected chi connectivity index (χ2v) is 11.7. The van der Waals surface area contributed by atoms with E-state index in [-0.39, 0.29) is 30.1 Å². The van der Waals surface area contributed by atoms with Crippen LogP contribution in [0.3, 0.4) is 0 Å². The fourth-order valence-electron chi connectivity index (χ4n) is 5.15. The third kappa shape index (κ3) is 8.27. The summed E-state index contributed by atoms with van der Waals surface area (Å²) < 4.78 is 11.8. The number of hydrogen-bond acceptors (Lipinski definition) is 9. The number of ether oxygens (including phenoxy) is 2. The molecule has 246 valence electrons. The van der Waals surface area contributed by atoms with Gasteiger partial charge in [0, 0.05) is 24.0 Å². The van der Waals surface area contributed by atoms with Crippen LogP contribution in [0.2, 0.25) is 0 Å². The Morgan fingerprint density at radius 2 is 1.45 bits per heavy atom. The summed E-state index contributed by atoms with van der Waals surface area (Å²) in [4.78, 5) is 24.1. The SMILES string of the molecule is COc1cccc(C(NC(=O)COc2ccc(Nc3nc(N(c4cccc(O)c4)c4cccc(O)c4)ncc3Br)cc2)c2ccccc2)c1. The molecule has 0 saturated heterocycles. The van der Waals surface area contributed by atoms with Crippen LogP contribution in [0.1, 0.15) is 17.2 Å². The lowest BCUT2D eigenvalue weighted by molar-refractivity contribution is -0.123. The number of aromatic nitrogens is 2. The molecule has 10 nitrogen and oxygen atoms in total. The number of aromatic hydroxyl groups is 2. The molecule has 1 amide bonds. The molecule has 49 heavy (non-hydrogen) atoms. The Morgan fingerprint density at radius 1 is 0.796 bits per heavy atom. The van der Waals surface area contributed by atoms with E-state index in [0.717, 1.165) is 11.1 Å². The van der Waals surface area contributed by atoms with E-state index in [2.05, 4.69) is 31.5 Å². The van der Waals surface area contributed by atoms with Crippen molar-refractivity contribution >= 4 is 50.7 Å². The largest absolute Gasteiger partial charge is 0.508 e. The second kappa shape index (κ2) is 15.2. The van der Waals surface area contributed by atoms with Gasteiger partial charge in [-0.25, -0.2) is 4.98 Å². The average Bonchev–Trinajstić information content (AvgIpc) is 3.12. The van der Waals surface area contributed by atoms with Crippen LogP contribution in [0.15, 0.2) is 138 Å². The van der Waals surface area contributed by atoms with Gasteiger partial charge >= 0.3 is 0 Å². The van der Waals surface area contributed by atoms with Crippen molar-refractivity contribution in [2.75, 3.05) is 23.9 Å². The van der Waals surface area contributed by atoms with Gasteiger partial charge in [0.05, 0.1) is 29.0 Å². The molecule has 0 saturated carbocycles. The van der Waals surface area contributed by atoms with E-state index < -0.39 is 0 Å². The molecule has 0 aliphatic heterocycles. The fraction of sp³-hybridized carbons (Fsp3) is 0.0789. The van der Waals surface area contributed by atoms with Gasteiger partial charge in [-0.2, -0.15) is 4.98 Å². The van der Waals surface area contributed by atoms with E-state index in [1.54, 1.807) is 66.7 Å². The minimum atomic E-state index is -0.383. The molecule has 5 aromatic carbocycles. The summed E-state index contributed by atoms with van der Waals surface area (Å²) in [5, 5.41) is 26.7. The maximum Gasteiger partial charge on any atom is 0.258 e. The highest BCUT2D eigenvalue weighted by molar-refractivity contribution is 9.10. The van der Waals surface area contributed by atoms with Gasteiger partial charge in [0.25, 0.3) is 5.91 Å². The highest BCUT2D eigenvalue weighted by atomic mass is 79.9. The molecule has 4 N–H and O–H groups in total. The van der Waals surface area contributed by atoms with Gasteiger partial charge in [-0.05, 0) is 87.7 Å². The van der Waals surface area contributed by atoms with Crippen molar-refractivity contribution in [2.24, 2.45) is 0 Å². The summed E-state index contributed by atoms with van der Waals surface area (Å²) in [5.41, 5.74) is 3.74. The second-order valence-electron chi connectivity index (χ2n) is 10.9. The van der Waals surface area contributed by atoms with Gasteiger partial charge in [-0.1, -0.05) is 54.6 Å². The molecule has 0 aliphatic rings. The van der Waals surface area contributed by atoms with Gasteiger partial charge in [0.2, 0.25) is 5.95 Å². The van der Waals surface area contributed by atoms with Crippen molar-refractivity contribution < 1.29 is 24.5 Å². The van der Waals surface area contributed by atoms with Gasteiger partial charge in [-0.15, -0.1) is 0 Å². The van der Waals surface area contributed by atoms with E-state index in [9.17, 15) is 15.0 Å². The van der Waals surface area contributed by atoms with E-state index in [1.165, 1.54) is 0 Å². The number of hydrogen-bond donors (Lipinski definition) is 4. The molecule has 11 heteroatoms. The van der Waals surface area contributed by atoms with Crippen molar-refractivity contribution in [3.05, 3.63) is 149 Å². The summed E-state index contributed by atoms with van der Waals surface area (Å²) in [7, 11) is 1.61. The summed E-state index contributed by atoms with van der Waals surface area (Å²) >= 11 is 3.53. The number of halogens is 1. The van der Waals surface area contributed by atoms with Crippen LogP contribution >= 0.6 is 15.9 Å². The molecule has 1 atom stereocenters.